The molecule has 17 heteroatoms. The minimum absolute atomic E-state index is 0.00629. The summed E-state index contributed by atoms with van der Waals surface area (Å²) in [7, 11) is -8.38. The first kappa shape index (κ1) is 29.5. The van der Waals surface area contributed by atoms with Gasteiger partial charge in [0, 0.05) is 38.7 Å². The van der Waals surface area contributed by atoms with Crippen LogP contribution in [0.15, 0.2) is 46.2 Å². The third kappa shape index (κ3) is 6.51. The fraction of sp³-hybridized carbons (Fsp3) is 0.381. The van der Waals surface area contributed by atoms with Crippen molar-refractivity contribution in [2.45, 2.75) is 22.4 Å². The Labute approximate surface area is 214 Å². The fourth-order valence-electron chi connectivity index (χ4n) is 3.46. The number of carboxylic acids is 1. The molecular formula is C21H21F5N2O8S2. The molecule has 2 heterocycles. The molecule has 0 saturated carbocycles. The van der Waals surface area contributed by atoms with Gasteiger partial charge in [0.25, 0.3) is 0 Å². The van der Waals surface area contributed by atoms with Crippen LogP contribution < -0.4 is 9.47 Å². The number of alkyl halides is 3. The van der Waals surface area contributed by atoms with E-state index in [9.17, 15) is 38.8 Å². The van der Waals surface area contributed by atoms with E-state index in [2.05, 4.69) is 0 Å². The number of piperazine rings is 1. The van der Waals surface area contributed by atoms with Gasteiger partial charge in [0.1, 0.15) is 11.6 Å². The standard InChI is InChI=1S/C19H20F2N2O6S2.C2HF3O2/c20-15-3-1-4-16(21)19(15)31(26,27)23-9-7-22(8-10-23)30(24,25)14-5-6-17-18(13-14)29-12-2-11-28-17;3-2(4,5)1(6)7/h1,3-6,13H,2,7-12H2;(H,6,7). The Morgan fingerprint density at radius 1 is 0.816 bits per heavy atom. The van der Waals surface area contributed by atoms with E-state index in [1.54, 1.807) is 0 Å². The quantitative estimate of drug-likeness (QED) is 0.540. The van der Waals surface area contributed by atoms with Gasteiger partial charge in [-0.1, -0.05) is 6.07 Å². The summed E-state index contributed by atoms with van der Waals surface area (Å²) in [5.74, 6) is -4.36. The van der Waals surface area contributed by atoms with Crippen molar-refractivity contribution in [3.63, 3.8) is 0 Å². The van der Waals surface area contributed by atoms with Gasteiger partial charge < -0.3 is 14.6 Å². The normalized spacial score (nSPS) is 17.2. The van der Waals surface area contributed by atoms with Crippen molar-refractivity contribution in [3.8, 4) is 11.5 Å². The molecule has 2 aliphatic rings. The predicted molar refractivity (Wildman–Crippen MR) is 120 cm³/mol. The fourth-order valence-corrected chi connectivity index (χ4v) is 6.43. The van der Waals surface area contributed by atoms with Gasteiger partial charge in [-0.3, -0.25) is 0 Å². The Kier molecular flexibility index (Phi) is 8.85. The molecule has 10 nitrogen and oxygen atoms in total. The molecular weight excluding hydrogens is 567 g/mol. The number of hydrogen-bond acceptors (Lipinski definition) is 7. The summed E-state index contributed by atoms with van der Waals surface area (Å²) in [5, 5.41) is 7.12. The minimum atomic E-state index is -5.08. The van der Waals surface area contributed by atoms with Crippen LogP contribution in [-0.2, 0) is 24.8 Å². The molecule has 0 aliphatic carbocycles. The van der Waals surface area contributed by atoms with Crippen molar-refractivity contribution in [1.82, 2.24) is 8.61 Å². The van der Waals surface area contributed by atoms with Crippen LogP contribution in [0.25, 0.3) is 0 Å². The smallest absolute Gasteiger partial charge is 0.490 e. The number of fused-ring (bicyclic) bond motifs is 1. The lowest BCUT2D eigenvalue weighted by atomic mass is 10.3. The number of aliphatic carboxylic acids is 1. The maximum atomic E-state index is 14.0. The predicted octanol–water partition coefficient (Wildman–Crippen LogP) is 2.45. The molecule has 0 atom stereocenters. The third-order valence-corrected chi connectivity index (χ3v) is 9.16. The van der Waals surface area contributed by atoms with Gasteiger partial charge in [-0.05, 0) is 24.3 Å². The van der Waals surface area contributed by atoms with Crippen molar-refractivity contribution < 1.29 is 58.2 Å². The van der Waals surface area contributed by atoms with E-state index in [4.69, 9.17) is 19.4 Å². The van der Waals surface area contributed by atoms with Crippen molar-refractivity contribution >= 4 is 26.0 Å². The maximum Gasteiger partial charge on any atom is 0.490 e. The first-order valence-corrected chi connectivity index (χ1v) is 13.7. The van der Waals surface area contributed by atoms with Gasteiger partial charge >= 0.3 is 12.1 Å². The minimum Gasteiger partial charge on any atom is -0.490 e. The number of benzene rings is 2. The Morgan fingerprint density at radius 2 is 1.29 bits per heavy atom. The molecule has 0 spiro atoms. The SMILES string of the molecule is O=C(O)C(F)(F)F.O=S(=O)(c1ccc2c(c1)OCCCO2)N1CCN(S(=O)(=O)c2c(F)cccc2F)CC1. The summed E-state index contributed by atoms with van der Waals surface area (Å²) in [4.78, 5) is 7.86. The Bertz CT molecular complexity index is 1370. The van der Waals surface area contributed by atoms with Gasteiger partial charge in [-0.25, -0.2) is 30.4 Å². The van der Waals surface area contributed by atoms with Gasteiger partial charge in [-0.15, -0.1) is 0 Å². The summed E-state index contributed by atoms with van der Waals surface area (Å²) < 4.78 is 124. The van der Waals surface area contributed by atoms with Gasteiger partial charge in [-0.2, -0.15) is 21.8 Å². The van der Waals surface area contributed by atoms with E-state index in [0.29, 0.717) is 31.1 Å². The first-order chi connectivity index (χ1) is 17.7. The van der Waals surface area contributed by atoms with E-state index < -0.39 is 48.7 Å². The Morgan fingerprint density at radius 3 is 1.79 bits per heavy atom. The number of sulfonamides is 2. The highest BCUT2D eigenvalue weighted by molar-refractivity contribution is 7.89. The molecule has 1 fully saturated rings. The van der Waals surface area contributed by atoms with Crippen LogP contribution in [-0.4, -0.2) is 82.1 Å². The monoisotopic (exact) mass is 588 g/mol. The van der Waals surface area contributed by atoms with E-state index >= 15 is 0 Å². The van der Waals surface area contributed by atoms with Crippen molar-refractivity contribution in [1.29, 1.82) is 0 Å². The second-order valence-corrected chi connectivity index (χ2v) is 11.6. The zero-order chi connectivity index (χ0) is 28.3. The zero-order valence-electron chi connectivity index (χ0n) is 19.3. The van der Waals surface area contributed by atoms with Gasteiger partial charge in [0.2, 0.25) is 20.0 Å². The van der Waals surface area contributed by atoms with Crippen LogP contribution in [0.1, 0.15) is 6.42 Å². The maximum absolute atomic E-state index is 14.0. The molecule has 0 aromatic heterocycles. The molecule has 38 heavy (non-hydrogen) atoms. The van der Waals surface area contributed by atoms with Crippen molar-refractivity contribution in [2.24, 2.45) is 0 Å². The first-order valence-electron chi connectivity index (χ1n) is 10.8. The molecule has 1 saturated heterocycles. The number of carboxylic acid groups (broad SMARTS) is 1. The van der Waals surface area contributed by atoms with Crippen molar-refractivity contribution in [2.75, 3.05) is 39.4 Å². The molecule has 0 bridgehead atoms. The highest BCUT2D eigenvalue weighted by Gasteiger charge is 2.38. The molecule has 1 N–H and O–H groups in total. The Balaban J connectivity index is 0.000000505. The van der Waals surface area contributed by atoms with Crippen LogP contribution in [0, 0.1) is 11.6 Å². The summed E-state index contributed by atoms with van der Waals surface area (Å²) in [6.45, 7) is 0.0791. The number of ether oxygens (including phenoxy) is 2. The van der Waals surface area contributed by atoms with Crippen LogP contribution in [0.3, 0.4) is 0 Å². The average molecular weight is 589 g/mol. The molecule has 0 amide bonds. The van der Waals surface area contributed by atoms with Crippen LogP contribution >= 0.6 is 0 Å². The van der Waals surface area contributed by atoms with Crippen LogP contribution in [0.2, 0.25) is 0 Å². The zero-order valence-corrected chi connectivity index (χ0v) is 21.0. The largest absolute Gasteiger partial charge is 0.490 e. The summed E-state index contributed by atoms with van der Waals surface area (Å²) in [6, 6.07) is 7.11. The molecule has 2 aliphatic heterocycles. The molecule has 2 aromatic carbocycles. The number of halogens is 5. The van der Waals surface area contributed by atoms with E-state index in [-0.39, 0.29) is 31.1 Å². The second-order valence-electron chi connectivity index (χ2n) is 7.82. The Hall–Kier alpha value is -3.02. The number of rotatable bonds is 4. The third-order valence-electron chi connectivity index (χ3n) is 5.31. The molecule has 210 valence electrons. The average Bonchev–Trinajstić information content (AvgIpc) is 3.08. The topological polar surface area (TPSA) is 131 Å². The summed E-state index contributed by atoms with van der Waals surface area (Å²) in [6.07, 6.45) is -4.41. The van der Waals surface area contributed by atoms with E-state index in [1.165, 1.54) is 18.2 Å². The lowest BCUT2D eigenvalue weighted by Crippen LogP contribution is -2.50. The molecule has 0 unspecified atom stereocenters. The van der Waals surface area contributed by atoms with Gasteiger partial charge in [0.15, 0.2) is 16.4 Å². The van der Waals surface area contributed by atoms with Gasteiger partial charge in [0.05, 0.1) is 18.1 Å². The lowest BCUT2D eigenvalue weighted by Gasteiger charge is -2.33. The van der Waals surface area contributed by atoms with Crippen LogP contribution in [0.5, 0.6) is 11.5 Å². The molecule has 4 rings (SSSR count). The highest BCUT2D eigenvalue weighted by Crippen LogP contribution is 2.33. The highest BCUT2D eigenvalue weighted by atomic mass is 32.2. The van der Waals surface area contributed by atoms with Crippen LogP contribution in [0.4, 0.5) is 22.0 Å². The summed E-state index contributed by atoms with van der Waals surface area (Å²) >= 11 is 0. The summed E-state index contributed by atoms with van der Waals surface area (Å²) in [5.41, 5.74) is 0. The number of carbonyl (C=O) groups is 1. The lowest BCUT2D eigenvalue weighted by molar-refractivity contribution is -0.192. The van der Waals surface area contributed by atoms with Crippen molar-refractivity contribution in [3.05, 3.63) is 48.0 Å². The van der Waals surface area contributed by atoms with E-state index in [1.807, 2.05) is 0 Å². The number of hydrogen-bond donors (Lipinski definition) is 1. The number of nitrogens with zero attached hydrogens (tertiary/aromatic N) is 2. The second kappa shape index (κ2) is 11.4. The molecule has 2 aromatic rings. The van der Waals surface area contributed by atoms with E-state index in [0.717, 1.165) is 26.8 Å². The molecule has 0 radical (unpaired) electrons.